The quantitative estimate of drug-likeness (QED) is 0.583. The molecule has 1 aromatic rings. The lowest BCUT2D eigenvalue weighted by molar-refractivity contribution is 0.675. The lowest BCUT2D eigenvalue weighted by atomic mass is 10.1. The molecule has 0 spiro atoms. The number of nitrogens with one attached hydrogen (secondary N) is 1. The van der Waals surface area contributed by atoms with E-state index in [0.717, 1.165) is 25.4 Å². The zero-order valence-electron chi connectivity index (χ0n) is 8.94. The number of halogens is 1. The van der Waals surface area contributed by atoms with Gasteiger partial charge >= 0.3 is 0 Å². The first-order valence-electron chi connectivity index (χ1n) is 5.07. The molecule has 0 aromatic heterocycles. The van der Waals surface area contributed by atoms with E-state index >= 15 is 0 Å². The Hall–Kier alpha value is -0.530. The Morgan fingerprint density at radius 1 is 1.29 bits per heavy atom. The molecule has 0 saturated carbocycles. The van der Waals surface area contributed by atoms with Gasteiger partial charge in [0.15, 0.2) is 0 Å². The largest absolute Gasteiger partial charge is 0.313 e. The highest BCUT2D eigenvalue weighted by Gasteiger charge is 1.97. The average Bonchev–Trinajstić information content (AvgIpc) is 2.15. The topological polar surface area (TPSA) is 12.0 Å². The number of aryl methyl sites for hydroxylation is 2. The predicted octanol–water partition coefficient (Wildman–Crippen LogP) is 3.02. The summed E-state index contributed by atoms with van der Waals surface area (Å²) in [5.41, 5.74) is 4.07. The van der Waals surface area contributed by atoms with E-state index < -0.39 is 0 Å². The first-order chi connectivity index (χ1) is 6.74. The molecule has 1 aromatic carbocycles. The van der Waals surface area contributed by atoms with Crippen LogP contribution in [0.25, 0.3) is 0 Å². The first-order valence-corrected chi connectivity index (χ1v) is 5.60. The van der Waals surface area contributed by atoms with E-state index in [1.165, 1.54) is 16.7 Å². The molecule has 0 atom stereocenters. The van der Waals surface area contributed by atoms with Crippen molar-refractivity contribution < 1.29 is 0 Å². The van der Waals surface area contributed by atoms with E-state index in [1.807, 2.05) is 0 Å². The van der Waals surface area contributed by atoms with E-state index in [0.29, 0.717) is 0 Å². The Morgan fingerprint density at radius 2 is 2.07 bits per heavy atom. The van der Waals surface area contributed by atoms with E-state index in [9.17, 15) is 0 Å². The van der Waals surface area contributed by atoms with Crippen LogP contribution >= 0.6 is 11.6 Å². The van der Waals surface area contributed by atoms with Crippen LogP contribution in [0.15, 0.2) is 18.2 Å². The van der Waals surface area contributed by atoms with Gasteiger partial charge in [-0.15, -0.1) is 11.6 Å². The van der Waals surface area contributed by atoms with Crippen LogP contribution in [0.2, 0.25) is 0 Å². The second-order valence-corrected chi connectivity index (χ2v) is 4.03. The van der Waals surface area contributed by atoms with Crippen molar-refractivity contribution in [2.75, 3.05) is 12.4 Å². The molecule has 2 heteroatoms. The molecule has 0 saturated heterocycles. The molecule has 14 heavy (non-hydrogen) atoms. The van der Waals surface area contributed by atoms with E-state index in [-0.39, 0.29) is 0 Å². The number of benzene rings is 1. The molecule has 0 unspecified atom stereocenters. The Morgan fingerprint density at radius 3 is 2.71 bits per heavy atom. The van der Waals surface area contributed by atoms with Gasteiger partial charge in [0, 0.05) is 12.4 Å². The van der Waals surface area contributed by atoms with Crippen LogP contribution in [0.1, 0.15) is 23.1 Å². The van der Waals surface area contributed by atoms with Crippen LogP contribution < -0.4 is 5.32 Å². The molecule has 1 rings (SSSR count). The minimum absolute atomic E-state index is 0.736. The molecule has 1 nitrogen and oxygen atoms in total. The number of hydrogen-bond donors (Lipinski definition) is 1. The molecular formula is C12H18ClN. The zero-order chi connectivity index (χ0) is 10.4. The van der Waals surface area contributed by atoms with Crippen molar-refractivity contribution in [1.82, 2.24) is 5.32 Å². The Bertz CT molecular complexity index is 284. The SMILES string of the molecule is Cc1ccc(CNCCCCl)c(C)c1. The minimum atomic E-state index is 0.736. The van der Waals surface area contributed by atoms with Gasteiger partial charge in [0.1, 0.15) is 0 Å². The maximum atomic E-state index is 5.60. The fraction of sp³-hybridized carbons (Fsp3) is 0.500. The summed E-state index contributed by atoms with van der Waals surface area (Å²) >= 11 is 5.60. The van der Waals surface area contributed by atoms with Gasteiger partial charge in [0.05, 0.1) is 0 Å². The smallest absolute Gasteiger partial charge is 0.0235 e. The van der Waals surface area contributed by atoms with Crippen LogP contribution in [0.5, 0.6) is 0 Å². The van der Waals surface area contributed by atoms with E-state index in [4.69, 9.17) is 11.6 Å². The number of hydrogen-bond acceptors (Lipinski definition) is 1. The summed E-state index contributed by atoms with van der Waals surface area (Å²) in [6.07, 6.45) is 1.03. The predicted molar refractivity (Wildman–Crippen MR) is 63.0 cm³/mol. The normalized spacial score (nSPS) is 10.5. The molecule has 1 N–H and O–H groups in total. The summed E-state index contributed by atoms with van der Waals surface area (Å²) < 4.78 is 0. The standard InChI is InChI=1S/C12H18ClN/c1-10-4-5-12(11(2)8-10)9-14-7-3-6-13/h4-5,8,14H,3,6-7,9H2,1-2H3. The van der Waals surface area contributed by atoms with E-state index in [1.54, 1.807) is 0 Å². The van der Waals surface area contributed by atoms with Crippen LogP contribution in [0.3, 0.4) is 0 Å². The Kier molecular flexibility index (Phi) is 4.99. The highest BCUT2D eigenvalue weighted by Crippen LogP contribution is 2.09. The summed E-state index contributed by atoms with van der Waals surface area (Å²) in [4.78, 5) is 0. The molecule has 0 aliphatic heterocycles. The first kappa shape index (κ1) is 11.5. The lowest BCUT2D eigenvalue weighted by Crippen LogP contribution is -2.15. The van der Waals surface area contributed by atoms with Crippen molar-refractivity contribution in [3.05, 3.63) is 34.9 Å². The summed E-state index contributed by atoms with van der Waals surface area (Å²) in [7, 11) is 0. The fourth-order valence-corrected chi connectivity index (χ4v) is 1.59. The van der Waals surface area contributed by atoms with Gasteiger partial charge in [-0.3, -0.25) is 0 Å². The summed E-state index contributed by atoms with van der Waals surface area (Å²) in [6, 6.07) is 6.57. The van der Waals surface area contributed by atoms with Crippen molar-refractivity contribution in [1.29, 1.82) is 0 Å². The molecule has 0 heterocycles. The van der Waals surface area contributed by atoms with Gasteiger partial charge < -0.3 is 5.32 Å². The number of alkyl halides is 1. The molecule has 0 bridgehead atoms. The van der Waals surface area contributed by atoms with Gasteiger partial charge in [0.25, 0.3) is 0 Å². The summed E-state index contributed by atoms with van der Waals surface area (Å²) in [5.74, 6) is 0.736. The molecule has 0 aliphatic carbocycles. The molecular weight excluding hydrogens is 194 g/mol. The van der Waals surface area contributed by atoms with Crippen molar-refractivity contribution in [3.63, 3.8) is 0 Å². The van der Waals surface area contributed by atoms with Crippen molar-refractivity contribution in [2.45, 2.75) is 26.8 Å². The van der Waals surface area contributed by atoms with Gasteiger partial charge in [-0.05, 0) is 37.9 Å². The average molecular weight is 212 g/mol. The minimum Gasteiger partial charge on any atom is -0.313 e. The maximum absolute atomic E-state index is 5.60. The second-order valence-electron chi connectivity index (χ2n) is 3.65. The maximum Gasteiger partial charge on any atom is 0.0235 e. The summed E-state index contributed by atoms with van der Waals surface area (Å²) in [5, 5.41) is 3.38. The zero-order valence-corrected chi connectivity index (χ0v) is 9.69. The second kappa shape index (κ2) is 6.05. The molecule has 0 fully saturated rings. The lowest BCUT2D eigenvalue weighted by Gasteiger charge is -2.07. The molecule has 0 radical (unpaired) electrons. The third kappa shape index (κ3) is 3.69. The highest BCUT2D eigenvalue weighted by atomic mass is 35.5. The third-order valence-electron chi connectivity index (χ3n) is 2.30. The highest BCUT2D eigenvalue weighted by molar-refractivity contribution is 6.17. The van der Waals surface area contributed by atoms with Gasteiger partial charge in [0.2, 0.25) is 0 Å². The molecule has 0 amide bonds. The van der Waals surface area contributed by atoms with Crippen LogP contribution in [-0.4, -0.2) is 12.4 Å². The molecule has 0 aliphatic rings. The van der Waals surface area contributed by atoms with Crippen molar-refractivity contribution >= 4 is 11.6 Å². The Balaban J connectivity index is 2.42. The van der Waals surface area contributed by atoms with Gasteiger partial charge in [-0.2, -0.15) is 0 Å². The summed E-state index contributed by atoms with van der Waals surface area (Å²) in [6.45, 7) is 6.23. The van der Waals surface area contributed by atoms with Crippen LogP contribution in [0, 0.1) is 13.8 Å². The van der Waals surface area contributed by atoms with Crippen molar-refractivity contribution in [3.8, 4) is 0 Å². The van der Waals surface area contributed by atoms with Crippen LogP contribution in [0.4, 0.5) is 0 Å². The van der Waals surface area contributed by atoms with Crippen molar-refractivity contribution in [2.24, 2.45) is 0 Å². The fourth-order valence-electron chi connectivity index (χ4n) is 1.46. The Labute approximate surface area is 91.5 Å². The monoisotopic (exact) mass is 211 g/mol. The third-order valence-corrected chi connectivity index (χ3v) is 2.57. The molecule has 78 valence electrons. The van der Waals surface area contributed by atoms with E-state index in [2.05, 4.69) is 37.4 Å². The number of rotatable bonds is 5. The van der Waals surface area contributed by atoms with Crippen LogP contribution in [-0.2, 0) is 6.54 Å². The van der Waals surface area contributed by atoms with Gasteiger partial charge in [-0.1, -0.05) is 23.8 Å². The van der Waals surface area contributed by atoms with Gasteiger partial charge in [-0.25, -0.2) is 0 Å².